The van der Waals surface area contributed by atoms with Gasteiger partial charge in [0.2, 0.25) is 5.91 Å². The molecular weight excluding hydrogens is 437 g/mol. The van der Waals surface area contributed by atoms with Gasteiger partial charge in [-0.25, -0.2) is 9.97 Å². The highest BCUT2D eigenvalue weighted by Crippen LogP contribution is 2.30. The van der Waals surface area contributed by atoms with Gasteiger partial charge in [0.25, 0.3) is 0 Å². The van der Waals surface area contributed by atoms with Crippen LogP contribution >= 0.6 is 11.8 Å². The molecule has 0 bridgehead atoms. The lowest BCUT2D eigenvalue weighted by atomic mass is 10.2. The van der Waals surface area contributed by atoms with Gasteiger partial charge in [0.15, 0.2) is 5.16 Å². The fourth-order valence-corrected chi connectivity index (χ4v) is 3.59. The van der Waals surface area contributed by atoms with E-state index in [2.05, 4.69) is 20.6 Å². The van der Waals surface area contributed by atoms with Gasteiger partial charge in [0.05, 0.1) is 16.8 Å². The number of amides is 1. The average molecular weight is 454 g/mol. The van der Waals surface area contributed by atoms with Crippen molar-refractivity contribution in [2.45, 2.75) is 11.3 Å². The van der Waals surface area contributed by atoms with E-state index in [0.717, 1.165) is 40.5 Å². The third kappa shape index (κ3) is 5.36. The van der Waals surface area contributed by atoms with E-state index in [0.29, 0.717) is 11.0 Å². The van der Waals surface area contributed by atoms with E-state index < -0.39 is 11.7 Å². The number of carbonyl (C=O) groups excluding carboxylic acids is 1. The fourth-order valence-electron chi connectivity index (χ4n) is 2.94. The van der Waals surface area contributed by atoms with Crippen molar-refractivity contribution < 1.29 is 18.0 Å². The second kappa shape index (κ2) is 9.27. The van der Waals surface area contributed by atoms with Gasteiger partial charge < -0.3 is 10.6 Å². The Balaban J connectivity index is 1.46. The number of fused-ring (bicyclic) bond motifs is 1. The molecule has 2 N–H and O–H groups in total. The van der Waals surface area contributed by atoms with Crippen molar-refractivity contribution in [3.05, 3.63) is 84.4 Å². The zero-order valence-corrected chi connectivity index (χ0v) is 17.4. The van der Waals surface area contributed by atoms with Gasteiger partial charge >= 0.3 is 6.18 Å². The second-order valence-electron chi connectivity index (χ2n) is 6.77. The highest BCUT2D eigenvalue weighted by atomic mass is 32.2. The third-order valence-corrected chi connectivity index (χ3v) is 5.29. The van der Waals surface area contributed by atoms with E-state index in [4.69, 9.17) is 0 Å². The number of alkyl halides is 3. The van der Waals surface area contributed by atoms with Crippen molar-refractivity contribution in [1.29, 1.82) is 0 Å². The van der Waals surface area contributed by atoms with Gasteiger partial charge in [0, 0.05) is 16.8 Å². The van der Waals surface area contributed by atoms with E-state index in [-0.39, 0.29) is 17.3 Å². The molecule has 0 radical (unpaired) electrons. The standard InChI is InChI=1S/C23H17F3N4OS/c24-23(25,26)15-10-12-17(13-11-15)27-20(31)14-32-22-29-19-9-5-4-8-18(19)21(30-22)28-16-6-2-1-3-7-16/h1-13H,14H2,(H,27,31)(H,28,29,30). The maximum atomic E-state index is 12.7. The van der Waals surface area contributed by atoms with E-state index in [1.807, 2.05) is 54.6 Å². The number of nitrogens with one attached hydrogen (secondary N) is 2. The Hall–Kier alpha value is -3.59. The quantitative estimate of drug-likeness (QED) is 0.271. The first-order valence-corrected chi connectivity index (χ1v) is 10.6. The van der Waals surface area contributed by atoms with E-state index in [1.165, 1.54) is 12.1 Å². The summed E-state index contributed by atoms with van der Waals surface area (Å²) >= 11 is 1.14. The number of halogens is 3. The Bertz CT molecular complexity index is 1230. The summed E-state index contributed by atoms with van der Waals surface area (Å²) in [7, 11) is 0. The van der Waals surface area contributed by atoms with Crippen LogP contribution in [0.2, 0.25) is 0 Å². The van der Waals surface area contributed by atoms with Gasteiger partial charge in [-0.3, -0.25) is 4.79 Å². The van der Waals surface area contributed by atoms with Crippen LogP contribution in [0.15, 0.2) is 84.0 Å². The molecule has 0 aliphatic carbocycles. The molecule has 5 nitrogen and oxygen atoms in total. The summed E-state index contributed by atoms with van der Waals surface area (Å²) in [4.78, 5) is 21.3. The lowest BCUT2D eigenvalue weighted by molar-refractivity contribution is -0.137. The molecule has 1 amide bonds. The first-order valence-electron chi connectivity index (χ1n) is 9.57. The SMILES string of the molecule is O=C(CSc1nc(Nc2ccccc2)c2ccccc2n1)Nc1ccc(C(F)(F)F)cc1. The number of benzene rings is 3. The number of para-hydroxylation sites is 2. The molecule has 0 aliphatic rings. The molecular formula is C23H17F3N4OS. The minimum atomic E-state index is -4.42. The molecule has 0 saturated carbocycles. The number of thioether (sulfide) groups is 1. The lowest BCUT2D eigenvalue weighted by Gasteiger charge is -2.11. The number of aromatic nitrogens is 2. The van der Waals surface area contributed by atoms with Crippen LogP contribution in [0.5, 0.6) is 0 Å². The Kier molecular flexibility index (Phi) is 6.27. The minimum absolute atomic E-state index is 0.00411. The molecule has 0 unspecified atom stereocenters. The van der Waals surface area contributed by atoms with Gasteiger partial charge in [0.1, 0.15) is 5.82 Å². The van der Waals surface area contributed by atoms with Crippen LogP contribution in [0, 0.1) is 0 Å². The van der Waals surface area contributed by atoms with Gasteiger partial charge in [-0.1, -0.05) is 42.1 Å². The number of hydrogen-bond donors (Lipinski definition) is 2. The molecule has 0 fully saturated rings. The van der Waals surface area contributed by atoms with E-state index in [9.17, 15) is 18.0 Å². The van der Waals surface area contributed by atoms with Crippen molar-refractivity contribution in [3.63, 3.8) is 0 Å². The summed E-state index contributed by atoms with van der Waals surface area (Å²) in [6.45, 7) is 0. The summed E-state index contributed by atoms with van der Waals surface area (Å²) in [5.74, 6) is 0.251. The highest BCUT2D eigenvalue weighted by molar-refractivity contribution is 7.99. The zero-order chi connectivity index (χ0) is 22.6. The smallest absolute Gasteiger partial charge is 0.340 e. The van der Waals surface area contributed by atoms with Crippen LogP contribution in [-0.4, -0.2) is 21.6 Å². The highest BCUT2D eigenvalue weighted by Gasteiger charge is 2.30. The Morgan fingerprint density at radius 2 is 1.53 bits per heavy atom. The van der Waals surface area contributed by atoms with Gasteiger partial charge in [-0.05, 0) is 48.5 Å². The zero-order valence-electron chi connectivity index (χ0n) is 16.6. The molecule has 9 heteroatoms. The molecule has 1 heterocycles. The molecule has 0 aliphatic heterocycles. The van der Waals surface area contributed by atoms with Gasteiger partial charge in [-0.2, -0.15) is 13.2 Å². The molecule has 3 aromatic carbocycles. The van der Waals surface area contributed by atoms with Crippen LogP contribution in [0.1, 0.15) is 5.56 Å². The van der Waals surface area contributed by atoms with Crippen molar-refractivity contribution in [2.24, 2.45) is 0 Å². The Morgan fingerprint density at radius 3 is 2.25 bits per heavy atom. The number of nitrogens with zero attached hydrogens (tertiary/aromatic N) is 2. The predicted molar refractivity (Wildman–Crippen MR) is 120 cm³/mol. The summed E-state index contributed by atoms with van der Waals surface area (Å²) in [6, 6.07) is 21.4. The molecule has 4 rings (SSSR count). The number of carbonyl (C=O) groups is 1. The van der Waals surface area contributed by atoms with Crippen LogP contribution in [0.3, 0.4) is 0 Å². The Labute approximate surface area is 186 Å². The summed E-state index contributed by atoms with van der Waals surface area (Å²) in [5, 5.41) is 7.11. The van der Waals surface area contributed by atoms with Crippen molar-refractivity contribution >= 4 is 45.8 Å². The number of rotatable bonds is 6. The summed E-state index contributed by atoms with van der Waals surface area (Å²) in [6.07, 6.45) is -4.42. The predicted octanol–water partition coefficient (Wildman–Crippen LogP) is 6.12. The van der Waals surface area contributed by atoms with Crippen LogP contribution in [0.4, 0.5) is 30.4 Å². The van der Waals surface area contributed by atoms with Crippen LogP contribution in [-0.2, 0) is 11.0 Å². The molecule has 0 spiro atoms. The monoisotopic (exact) mass is 454 g/mol. The lowest BCUT2D eigenvalue weighted by Crippen LogP contribution is -2.14. The minimum Gasteiger partial charge on any atom is -0.340 e. The largest absolute Gasteiger partial charge is 0.416 e. The molecule has 4 aromatic rings. The third-order valence-electron chi connectivity index (χ3n) is 4.45. The summed E-state index contributed by atoms with van der Waals surface area (Å²) < 4.78 is 38.0. The Morgan fingerprint density at radius 1 is 0.844 bits per heavy atom. The van der Waals surface area contributed by atoms with Gasteiger partial charge in [-0.15, -0.1) is 0 Å². The van der Waals surface area contributed by atoms with E-state index >= 15 is 0 Å². The summed E-state index contributed by atoms with van der Waals surface area (Å²) in [5.41, 5.74) is 1.11. The topological polar surface area (TPSA) is 66.9 Å². The van der Waals surface area contributed by atoms with Crippen molar-refractivity contribution in [2.75, 3.05) is 16.4 Å². The number of anilines is 3. The first kappa shape index (κ1) is 21.6. The van der Waals surface area contributed by atoms with Crippen LogP contribution < -0.4 is 10.6 Å². The average Bonchev–Trinajstić information content (AvgIpc) is 2.78. The van der Waals surface area contributed by atoms with Crippen molar-refractivity contribution in [3.8, 4) is 0 Å². The molecule has 162 valence electrons. The maximum Gasteiger partial charge on any atom is 0.416 e. The fraction of sp³-hybridized carbons (Fsp3) is 0.0870. The van der Waals surface area contributed by atoms with Crippen LogP contribution in [0.25, 0.3) is 10.9 Å². The maximum absolute atomic E-state index is 12.7. The first-order chi connectivity index (χ1) is 15.4. The van der Waals surface area contributed by atoms with Crippen molar-refractivity contribution in [1.82, 2.24) is 9.97 Å². The molecule has 1 aromatic heterocycles. The molecule has 0 atom stereocenters. The van der Waals surface area contributed by atoms with E-state index in [1.54, 1.807) is 0 Å². The molecule has 0 saturated heterocycles. The second-order valence-corrected chi connectivity index (χ2v) is 7.72. The number of hydrogen-bond acceptors (Lipinski definition) is 5. The molecule has 32 heavy (non-hydrogen) atoms. The normalized spacial score (nSPS) is 11.3.